The van der Waals surface area contributed by atoms with E-state index >= 15 is 0 Å². The average Bonchev–Trinajstić information content (AvgIpc) is 3.03. The molecule has 0 unspecified atom stereocenters. The molecule has 4 aromatic carbocycles. The molecule has 0 aromatic heterocycles. The largest absolute Gasteiger partial charge is 0.484 e. The van der Waals surface area contributed by atoms with Gasteiger partial charge in [0.1, 0.15) is 5.75 Å². The molecule has 1 aliphatic rings. The molecule has 0 aliphatic carbocycles. The van der Waals surface area contributed by atoms with Crippen LogP contribution in [0.25, 0.3) is 0 Å². The highest BCUT2D eigenvalue weighted by Gasteiger charge is 2.17. The minimum absolute atomic E-state index is 0.154. The zero-order valence-corrected chi connectivity index (χ0v) is 23.8. The van der Waals surface area contributed by atoms with Crippen molar-refractivity contribution >= 4 is 41.0 Å². The molecular weight excluding hydrogens is 550 g/mol. The molecular formula is C33H32ClN5O3. The van der Waals surface area contributed by atoms with Crippen LogP contribution in [-0.2, 0) is 11.3 Å². The molecule has 0 atom stereocenters. The third-order valence-electron chi connectivity index (χ3n) is 6.89. The number of amides is 2. The lowest BCUT2D eigenvalue weighted by Crippen LogP contribution is -2.45. The van der Waals surface area contributed by atoms with Gasteiger partial charge in [0.2, 0.25) is 0 Å². The molecule has 0 bridgehead atoms. The summed E-state index contributed by atoms with van der Waals surface area (Å²) in [6.07, 6.45) is 1.55. The highest BCUT2D eigenvalue weighted by molar-refractivity contribution is 6.33. The maximum Gasteiger partial charge on any atom is 0.271 e. The molecule has 5 rings (SSSR count). The van der Waals surface area contributed by atoms with E-state index in [2.05, 4.69) is 49.9 Å². The Kier molecular flexibility index (Phi) is 9.82. The Bertz CT molecular complexity index is 1500. The molecule has 0 spiro atoms. The van der Waals surface area contributed by atoms with Gasteiger partial charge in [-0.2, -0.15) is 5.10 Å². The maximum atomic E-state index is 12.6. The SMILES string of the molecule is O=C(COc1ccc(/C=N\NC(=O)c2ccc(CN3CCN(c4ccccc4)CC3)cc2)cc1)Nc1ccccc1Cl. The molecule has 1 fully saturated rings. The van der Waals surface area contributed by atoms with E-state index in [1.54, 1.807) is 54.7 Å². The van der Waals surface area contributed by atoms with Crippen molar-refractivity contribution in [1.82, 2.24) is 10.3 Å². The van der Waals surface area contributed by atoms with Crippen molar-refractivity contribution in [2.24, 2.45) is 5.10 Å². The zero-order chi connectivity index (χ0) is 29.1. The van der Waals surface area contributed by atoms with E-state index in [-0.39, 0.29) is 18.4 Å². The summed E-state index contributed by atoms with van der Waals surface area (Å²) in [5.74, 6) is -0.0615. The Hall–Kier alpha value is -4.66. The van der Waals surface area contributed by atoms with Crippen LogP contribution < -0.4 is 20.4 Å². The molecule has 214 valence electrons. The van der Waals surface area contributed by atoms with Gasteiger partial charge in [0, 0.05) is 44.0 Å². The van der Waals surface area contributed by atoms with Crippen molar-refractivity contribution in [3.05, 3.63) is 125 Å². The second-order valence-electron chi connectivity index (χ2n) is 9.88. The summed E-state index contributed by atoms with van der Waals surface area (Å²) in [7, 11) is 0. The van der Waals surface area contributed by atoms with Gasteiger partial charge in [-0.15, -0.1) is 0 Å². The normalized spacial score (nSPS) is 13.6. The van der Waals surface area contributed by atoms with E-state index in [9.17, 15) is 9.59 Å². The molecule has 2 amide bonds. The second-order valence-corrected chi connectivity index (χ2v) is 10.3. The van der Waals surface area contributed by atoms with Crippen LogP contribution in [0.15, 0.2) is 108 Å². The highest BCUT2D eigenvalue weighted by Crippen LogP contribution is 2.21. The average molecular weight is 582 g/mol. The fourth-order valence-corrected chi connectivity index (χ4v) is 4.78. The third-order valence-corrected chi connectivity index (χ3v) is 7.22. The van der Waals surface area contributed by atoms with Gasteiger partial charge in [0.15, 0.2) is 6.61 Å². The van der Waals surface area contributed by atoms with Gasteiger partial charge in [-0.05, 0) is 71.8 Å². The Labute approximate surface area is 250 Å². The fraction of sp³-hybridized carbons (Fsp3) is 0.182. The van der Waals surface area contributed by atoms with Crippen molar-refractivity contribution in [1.29, 1.82) is 0 Å². The van der Waals surface area contributed by atoms with Gasteiger partial charge in [0.05, 0.1) is 16.9 Å². The summed E-state index contributed by atoms with van der Waals surface area (Å²) in [5.41, 5.74) is 6.86. The molecule has 1 heterocycles. The number of rotatable bonds is 10. The van der Waals surface area contributed by atoms with Crippen molar-refractivity contribution in [3.63, 3.8) is 0 Å². The maximum absolute atomic E-state index is 12.6. The van der Waals surface area contributed by atoms with Crippen molar-refractivity contribution in [3.8, 4) is 5.75 Å². The smallest absolute Gasteiger partial charge is 0.271 e. The Balaban J connectivity index is 1.03. The number of carbonyl (C=O) groups excluding carboxylic acids is 2. The first-order valence-corrected chi connectivity index (χ1v) is 14.1. The first-order valence-electron chi connectivity index (χ1n) is 13.8. The topological polar surface area (TPSA) is 86.3 Å². The van der Waals surface area contributed by atoms with Crippen molar-refractivity contribution in [2.45, 2.75) is 6.54 Å². The number of nitrogens with zero attached hydrogens (tertiary/aromatic N) is 3. The molecule has 2 N–H and O–H groups in total. The lowest BCUT2D eigenvalue weighted by atomic mass is 10.1. The summed E-state index contributed by atoms with van der Waals surface area (Å²) in [4.78, 5) is 29.5. The van der Waals surface area contributed by atoms with Crippen LogP contribution in [0.4, 0.5) is 11.4 Å². The third kappa shape index (κ3) is 8.19. The van der Waals surface area contributed by atoms with Crippen LogP contribution in [0, 0.1) is 0 Å². The van der Waals surface area contributed by atoms with Crippen molar-refractivity contribution in [2.75, 3.05) is 43.0 Å². The lowest BCUT2D eigenvalue weighted by molar-refractivity contribution is -0.118. The standard InChI is InChI=1S/C33H32ClN5O3/c34-30-8-4-5-9-31(30)36-32(40)24-42-29-16-12-25(13-17-29)22-35-37-33(41)27-14-10-26(11-15-27)23-38-18-20-39(21-19-38)28-6-2-1-3-7-28/h1-17,22H,18-21,23-24H2,(H,36,40)(H,37,41)/b35-22-. The van der Waals surface area contributed by atoms with Crippen LogP contribution in [0.2, 0.25) is 5.02 Å². The van der Waals surface area contributed by atoms with Gasteiger partial charge in [0.25, 0.3) is 11.8 Å². The molecule has 1 aliphatic heterocycles. The van der Waals surface area contributed by atoms with E-state index in [0.29, 0.717) is 22.0 Å². The number of ether oxygens (including phenoxy) is 1. The summed E-state index contributed by atoms with van der Waals surface area (Å²) in [5, 5.41) is 7.24. The zero-order valence-electron chi connectivity index (χ0n) is 23.1. The number of hydrogen-bond acceptors (Lipinski definition) is 6. The van der Waals surface area contributed by atoms with Gasteiger partial charge in [-0.25, -0.2) is 5.43 Å². The van der Waals surface area contributed by atoms with E-state index in [4.69, 9.17) is 16.3 Å². The summed E-state index contributed by atoms with van der Waals surface area (Å²) in [6, 6.07) is 32.2. The Morgan fingerprint density at radius 3 is 2.24 bits per heavy atom. The summed E-state index contributed by atoms with van der Waals surface area (Å²) >= 11 is 6.06. The van der Waals surface area contributed by atoms with Crippen molar-refractivity contribution < 1.29 is 14.3 Å². The predicted molar refractivity (Wildman–Crippen MR) is 167 cm³/mol. The summed E-state index contributed by atoms with van der Waals surface area (Å²) < 4.78 is 5.54. The second kappa shape index (κ2) is 14.3. The molecule has 0 radical (unpaired) electrons. The number of halogens is 1. The number of benzene rings is 4. The number of piperazine rings is 1. The number of hydrogen-bond donors (Lipinski definition) is 2. The highest BCUT2D eigenvalue weighted by atomic mass is 35.5. The van der Waals surface area contributed by atoms with Gasteiger partial charge in [-0.1, -0.05) is 54.1 Å². The van der Waals surface area contributed by atoms with E-state index in [1.807, 2.05) is 30.3 Å². The number of nitrogens with one attached hydrogen (secondary N) is 2. The van der Waals surface area contributed by atoms with Crippen LogP contribution in [0.3, 0.4) is 0 Å². The molecule has 42 heavy (non-hydrogen) atoms. The van der Waals surface area contributed by atoms with E-state index < -0.39 is 0 Å². The first-order chi connectivity index (χ1) is 20.5. The first kappa shape index (κ1) is 28.9. The van der Waals surface area contributed by atoms with Crippen LogP contribution >= 0.6 is 11.6 Å². The molecule has 9 heteroatoms. The molecule has 8 nitrogen and oxygen atoms in total. The van der Waals surface area contributed by atoms with Crippen LogP contribution in [0.1, 0.15) is 21.5 Å². The van der Waals surface area contributed by atoms with E-state index in [1.165, 1.54) is 11.3 Å². The number of hydrazone groups is 1. The molecule has 4 aromatic rings. The molecule has 0 saturated carbocycles. The number of carbonyl (C=O) groups is 2. The predicted octanol–water partition coefficient (Wildman–Crippen LogP) is 5.44. The quantitative estimate of drug-likeness (QED) is 0.192. The fourth-order valence-electron chi connectivity index (χ4n) is 4.60. The van der Waals surface area contributed by atoms with Crippen LogP contribution in [0.5, 0.6) is 5.75 Å². The van der Waals surface area contributed by atoms with Crippen LogP contribution in [-0.4, -0.2) is 55.7 Å². The lowest BCUT2D eigenvalue weighted by Gasteiger charge is -2.36. The summed E-state index contributed by atoms with van der Waals surface area (Å²) in [6.45, 7) is 4.70. The van der Waals surface area contributed by atoms with Gasteiger partial charge >= 0.3 is 0 Å². The molecule has 1 saturated heterocycles. The Morgan fingerprint density at radius 2 is 1.52 bits per heavy atom. The van der Waals surface area contributed by atoms with Gasteiger partial charge in [-0.3, -0.25) is 14.5 Å². The Morgan fingerprint density at radius 1 is 0.833 bits per heavy atom. The number of para-hydroxylation sites is 2. The van der Waals surface area contributed by atoms with E-state index in [0.717, 1.165) is 38.3 Å². The monoisotopic (exact) mass is 581 g/mol. The minimum atomic E-state index is -0.314. The van der Waals surface area contributed by atoms with Gasteiger partial charge < -0.3 is 15.0 Å². The number of anilines is 2. The minimum Gasteiger partial charge on any atom is -0.484 e.